The third-order valence-corrected chi connectivity index (χ3v) is 11.4. The van der Waals surface area contributed by atoms with Gasteiger partial charge in [0.1, 0.15) is 5.75 Å². The molecule has 3 aliphatic heterocycles. The normalized spacial score (nSPS) is 20.5. The monoisotopic (exact) mass is 687 g/mol. The predicted octanol–water partition coefficient (Wildman–Crippen LogP) is 3.15. The third kappa shape index (κ3) is 6.18. The number of benzene rings is 2. The number of nitriles is 1. The van der Waals surface area contributed by atoms with E-state index in [2.05, 4.69) is 33.1 Å². The van der Waals surface area contributed by atoms with Crippen LogP contribution in [0.1, 0.15) is 43.4 Å². The summed E-state index contributed by atoms with van der Waals surface area (Å²) < 4.78 is 40.4. The van der Waals surface area contributed by atoms with E-state index in [1.165, 1.54) is 55.8 Å². The molecule has 1 unspecified atom stereocenters. The Bertz CT molecular complexity index is 1850. The van der Waals surface area contributed by atoms with E-state index < -0.39 is 27.5 Å². The number of likely N-dealkylation sites (tertiary alicyclic amines) is 1. The van der Waals surface area contributed by atoms with Gasteiger partial charge in [-0.05, 0) is 94.0 Å². The minimum Gasteiger partial charge on any atom is -0.497 e. The molecule has 2 fully saturated rings. The number of ether oxygens (including phenoxy) is 2. The number of amides is 3. The Kier molecular flexibility index (Phi) is 9.78. The molecule has 1 aromatic heterocycles. The van der Waals surface area contributed by atoms with E-state index in [9.17, 15) is 18.5 Å². The van der Waals surface area contributed by atoms with Crippen LogP contribution >= 0.6 is 0 Å². The van der Waals surface area contributed by atoms with E-state index in [-0.39, 0.29) is 39.8 Å². The molecule has 2 saturated heterocycles. The molecule has 6 rings (SSSR count). The number of anilines is 1. The molecule has 0 spiro atoms. The number of carbonyl (C=O) groups is 2. The van der Waals surface area contributed by atoms with Crippen molar-refractivity contribution in [1.82, 2.24) is 25.0 Å². The molecule has 1 atom stereocenters. The summed E-state index contributed by atoms with van der Waals surface area (Å²) in [6, 6.07) is 15.2. The van der Waals surface area contributed by atoms with Crippen LogP contribution in [0.4, 0.5) is 10.5 Å². The maximum atomic E-state index is 15.0. The quantitative estimate of drug-likeness (QED) is 0.356. The first-order valence-corrected chi connectivity index (χ1v) is 18.0. The number of nitrogens with zero attached hydrogens (tertiary/aromatic N) is 6. The number of aromatic nitrogens is 1. The first-order chi connectivity index (χ1) is 23.7. The van der Waals surface area contributed by atoms with Crippen LogP contribution in [0.5, 0.6) is 11.6 Å². The predicted molar refractivity (Wildman–Crippen MR) is 182 cm³/mol. The average molecular weight is 688 g/mol. The van der Waals surface area contributed by atoms with Gasteiger partial charge < -0.3 is 24.6 Å². The maximum absolute atomic E-state index is 15.0. The van der Waals surface area contributed by atoms with Crippen LogP contribution in [0.25, 0.3) is 0 Å². The van der Waals surface area contributed by atoms with E-state index in [0.717, 1.165) is 32.5 Å². The molecule has 3 aromatic rings. The van der Waals surface area contributed by atoms with Gasteiger partial charge in [0.15, 0.2) is 5.54 Å². The standard InChI is InChI=1S/C35H41N7O6S/c1-4-39-17-14-26(15-18-39)40-19-21-41(22-20-40)34(44)38-35(29-7-6-16-37-32(29)48-5-2)30-23-25(24-36)8-13-31(30)42(33(35)43)49(45,46)28-11-9-27(47-3)10-12-28/h6-13,16,23,26H,4-5,14-15,17-22H2,1-3H3,(H,38,44). The number of fused-ring (bicyclic) bond motifs is 1. The Hall–Kier alpha value is -4.71. The first-order valence-electron chi connectivity index (χ1n) is 16.6. The lowest BCUT2D eigenvalue weighted by atomic mass is 9.83. The number of methoxy groups -OCH3 is 1. The lowest BCUT2D eigenvalue weighted by Crippen LogP contribution is -2.61. The second-order valence-electron chi connectivity index (χ2n) is 12.3. The average Bonchev–Trinajstić information content (AvgIpc) is 3.39. The van der Waals surface area contributed by atoms with Gasteiger partial charge in [-0.2, -0.15) is 9.57 Å². The molecule has 4 heterocycles. The Balaban J connectivity index is 1.40. The summed E-state index contributed by atoms with van der Waals surface area (Å²) in [6.45, 7) is 9.48. The van der Waals surface area contributed by atoms with Crippen LogP contribution in [0, 0.1) is 11.3 Å². The minimum absolute atomic E-state index is 0.00894. The Labute approximate surface area is 287 Å². The molecule has 0 radical (unpaired) electrons. The number of carbonyl (C=O) groups excluding carboxylic acids is 2. The van der Waals surface area contributed by atoms with Crippen molar-refractivity contribution in [2.75, 3.05) is 63.8 Å². The summed E-state index contributed by atoms with van der Waals surface area (Å²) in [6.07, 6.45) is 3.65. The smallest absolute Gasteiger partial charge is 0.318 e. The zero-order valence-electron chi connectivity index (χ0n) is 28.0. The summed E-state index contributed by atoms with van der Waals surface area (Å²) in [5, 5.41) is 12.9. The molecule has 3 aliphatic rings. The number of piperidine rings is 1. The topological polar surface area (TPSA) is 148 Å². The fourth-order valence-corrected chi connectivity index (χ4v) is 8.52. The van der Waals surface area contributed by atoms with Gasteiger partial charge in [-0.25, -0.2) is 18.2 Å². The number of rotatable bonds is 9. The molecule has 14 heteroatoms. The highest BCUT2D eigenvalue weighted by Gasteiger charge is 2.59. The third-order valence-electron chi connectivity index (χ3n) is 9.72. The zero-order chi connectivity index (χ0) is 34.8. The zero-order valence-corrected chi connectivity index (χ0v) is 28.8. The van der Waals surface area contributed by atoms with Crippen molar-refractivity contribution in [1.29, 1.82) is 5.26 Å². The largest absolute Gasteiger partial charge is 0.497 e. The van der Waals surface area contributed by atoms with E-state index >= 15 is 4.79 Å². The molecule has 1 N–H and O–H groups in total. The molecule has 3 amide bonds. The van der Waals surface area contributed by atoms with Crippen LogP contribution in [-0.4, -0.2) is 106 Å². The lowest BCUT2D eigenvalue weighted by Gasteiger charge is -2.43. The maximum Gasteiger partial charge on any atom is 0.318 e. The van der Waals surface area contributed by atoms with Crippen molar-refractivity contribution < 1.29 is 27.5 Å². The summed E-state index contributed by atoms with van der Waals surface area (Å²) in [5.74, 6) is -0.452. The number of hydrogen-bond acceptors (Lipinski definition) is 10. The highest BCUT2D eigenvalue weighted by atomic mass is 32.2. The molecule has 0 aliphatic carbocycles. The molecule has 258 valence electrons. The molecule has 0 bridgehead atoms. The second kappa shape index (κ2) is 14.0. The van der Waals surface area contributed by atoms with E-state index in [1.807, 2.05) is 0 Å². The van der Waals surface area contributed by atoms with Gasteiger partial charge in [-0.3, -0.25) is 9.69 Å². The molecule has 2 aromatic carbocycles. The van der Waals surface area contributed by atoms with Gasteiger partial charge in [-0.1, -0.05) is 6.92 Å². The van der Waals surface area contributed by atoms with E-state index in [1.54, 1.807) is 24.0 Å². The lowest BCUT2D eigenvalue weighted by molar-refractivity contribution is -0.121. The number of hydrogen-bond donors (Lipinski definition) is 1. The van der Waals surface area contributed by atoms with Crippen molar-refractivity contribution >= 4 is 27.6 Å². The van der Waals surface area contributed by atoms with Crippen LogP contribution in [0.2, 0.25) is 0 Å². The van der Waals surface area contributed by atoms with E-state index in [0.29, 0.717) is 42.3 Å². The van der Waals surface area contributed by atoms with Gasteiger partial charge in [-0.15, -0.1) is 0 Å². The minimum atomic E-state index is -4.53. The number of nitrogens with one attached hydrogen (secondary N) is 1. The number of piperazine rings is 1. The second-order valence-corrected chi connectivity index (χ2v) is 14.0. The highest BCUT2D eigenvalue weighted by molar-refractivity contribution is 7.93. The molecular weight excluding hydrogens is 646 g/mol. The number of pyridine rings is 1. The number of sulfonamides is 1. The summed E-state index contributed by atoms with van der Waals surface area (Å²) in [5.41, 5.74) is -1.63. The summed E-state index contributed by atoms with van der Waals surface area (Å²) >= 11 is 0. The van der Waals surface area contributed by atoms with Crippen molar-refractivity contribution in [3.63, 3.8) is 0 Å². The Morgan fingerprint density at radius 3 is 2.37 bits per heavy atom. The van der Waals surface area contributed by atoms with Gasteiger partial charge in [0.25, 0.3) is 15.9 Å². The SMILES string of the molecule is CCOc1ncccc1C1(NC(=O)N2CCN(C3CCN(CC)CC3)CC2)C(=O)N(S(=O)(=O)c2ccc(OC)cc2)c2ccc(C#N)cc21. The van der Waals surface area contributed by atoms with Crippen molar-refractivity contribution in [2.24, 2.45) is 0 Å². The van der Waals surface area contributed by atoms with Crippen molar-refractivity contribution in [2.45, 2.75) is 43.2 Å². The molecule has 13 nitrogen and oxygen atoms in total. The molecule has 0 saturated carbocycles. The highest BCUT2D eigenvalue weighted by Crippen LogP contribution is 2.49. The number of urea groups is 1. The fourth-order valence-electron chi connectivity index (χ4n) is 7.06. The molecular formula is C35H41N7O6S. The Morgan fingerprint density at radius 2 is 1.73 bits per heavy atom. The van der Waals surface area contributed by atoms with E-state index in [4.69, 9.17) is 9.47 Å². The first kappa shape index (κ1) is 34.2. The van der Waals surface area contributed by atoms with Crippen molar-refractivity contribution in [3.05, 3.63) is 77.5 Å². The van der Waals surface area contributed by atoms with Gasteiger partial charge in [0, 0.05) is 44.0 Å². The Morgan fingerprint density at radius 1 is 1.02 bits per heavy atom. The van der Waals surface area contributed by atoms with Crippen LogP contribution in [-0.2, 0) is 20.4 Å². The van der Waals surface area contributed by atoms with Gasteiger partial charge in [0.05, 0.1) is 41.5 Å². The molecule has 49 heavy (non-hydrogen) atoms. The van der Waals surface area contributed by atoms with Gasteiger partial charge in [0.2, 0.25) is 5.88 Å². The van der Waals surface area contributed by atoms with Crippen molar-refractivity contribution in [3.8, 4) is 17.7 Å². The summed E-state index contributed by atoms with van der Waals surface area (Å²) in [7, 11) is -3.06. The van der Waals surface area contributed by atoms with Crippen LogP contribution in [0.15, 0.2) is 65.7 Å². The van der Waals surface area contributed by atoms with Gasteiger partial charge >= 0.3 is 6.03 Å². The van der Waals surface area contributed by atoms with Crippen LogP contribution in [0.3, 0.4) is 0 Å². The summed E-state index contributed by atoms with van der Waals surface area (Å²) in [4.78, 5) is 40.1. The fraction of sp³-hybridized carbons (Fsp3) is 0.429. The van der Waals surface area contributed by atoms with Crippen LogP contribution < -0.4 is 19.1 Å².